The lowest BCUT2D eigenvalue weighted by molar-refractivity contribution is -0.136. The SMILES string of the molecule is CCOC(=O)C#CC(=O)Nc1ccc(C)cc1. The molecule has 1 aromatic carbocycles. The Bertz CT molecular complexity index is 466. The van der Waals surface area contributed by atoms with Crippen molar-refractivity contribution < 1.29 is 14.3 Å². The molecule has 0 saturated carbocycles. The Labute approximate surface area is 100.0 Å². The van der Waals surface area contributed by atoms with Crippen LogP contribution >= 0.6 is 0 Å². The zero-order valence-electron chi connectivity index (χ0n) is 9.74. The summed E-state index contributed by atoms with van der Waals surface area (Å²) >= 11 is 0. The Morgan fingerprint density at radius 2 is 1.88 bits per heavy atom. The fourth-order valence-electron chi connectivity index (χ4n) is 1.07. The molecule has 4 heteroatoms. The third-order valence-electron chi connectivity index (χ3n) is 1.86. The number of carbonyl (C=O) groups excluding carboxylic acids is 2. The van der Waals surface area contributed by atoms with Gasteiger partial charge < -0.3 is 10.1 Å². The number of hydrogen-bond acceptors (Lipinski definition) is 3. The number of aryl methyl sites for hydroxylation is 1. The van der Waals surface area contributed by atoms with E-state index in [1.165, 1.54) is 0 Å². The van der Waals surface area contributed by atoms with Crippen LogP contribution in [0.3, 0.4) is 0 Å². The Hall–Kier alpha value is -2.28. The minimum atomic E-state index is -0.702. The Balaban J connectivity index is 2.55. The number of amides is 1. The fourth-order valence-corrected chi connectivity index (χ4v) is 1.07. The first-order chi connectivity index (χ1) is 8.11. The van der Waals surface area contributed by atoms with E-state index < -0.39 is 11.9 Å². The summed E-state index contributed by atoms with van der Waals surface area (Å²) in [5, 5.41) is 2.55. The van der Waals surface area contributed by atoms with Crippen molar-refractivity contribution in [3.63, 3.8) is 0 Å². The number of hydrogen-bond donors (Lipinski definition) is 1. The van der Waals surface area contributed by atoms with E-state index in [4.69, 9.17) is 0 Å². The zero-order chi connectivity index (χ0) is 12.7. The van der Waals surface area contributed by atoms with Gasteiger partial charge in [-0.25, -0.2) is 4.79 Å². The summed E-state index contributed by atoms with van der Waals surface area (Å²) in [6.07, 6.45) is 0. The highest BCUT2D eigenvalue weighted by Crippen LogP contribution is 2.07. The predicted octanol–water partition coefficient (Wildman–Crippen LogP) is 1.50. The van der Waals surface area contributed by atoms with Gasteiger partial charge in [-0.1, -0.05) is 17.7 Å². The Morgan fingerprint density at radius 1 is 1.24 bits per heavy atom. The van der Waals surface area contributed by atoms with Crippen molar-refractivity contribution in [3.05, 3.63) is 29.8 Å². The van der Waals surface area contributed by atoms with Crippen molar-refractivity contribution in [1.29, 1.82) is 0 Å². The van der Waals surface area contributed by atoms with Crippen molar-refractivity contribution >= 4 is 17.6 Å². The minimum Gasteiger partial charge on any atom is -0.456 e. The maximum atomic E-state index is 11.3. The molecule has 0 bridgehead atoms. The minimum absolute atomic E-state index is 0.243. The summed E-state index contributed by atoms with van der Waals surface area (Å²) in [7, 11) is 0. The maximum Gasteiger partial charge on any atom is 0.384 e. The largest absolute Gasteiger partial charge is 0.456 e. The summed E-state index contributed by atoms with van der Waals surface area (Å²) in [6, 6.07) is 7.27. The first kappa shape index (κ1) is 12.8. The quantitative estimate of drug-likeness (QED) is 0.476. The second-order valence-electron chi connectivity index (χ2n) is 3.29. The van der Waals surface area contributed by atoms with Crippen LogP contribution in [-0.4, -0.2) is 18.5 Å². The molecule has 0 aromatic heterocycles. The molecule has 0 heterocycles. The summed E-state index contributed by atoms with van der Waals surface area (Å²) in [4.78, 5) is 22.2. The topological polar surface area (TPSA) is 55.4 Å². The lowest BCUT2D eigenvalue weighted by atomic mass is 10.2. The van der Waals surface area contributed by atoms with Gasteiger partial charge in [0.05, 0.1) is 6.61 Å². The molecule has 0 aliphatic heterocycles. The third-order valence-corrected chi connectivity index (χ3v) is 1.86. The summed E-state index contributed by atoms with van der Waals surface area (Å²) in [5.74, 6) is 3.01. The van der Waals surface area contributed by atoms with Gasteiger partial charge in [-0.05, 0) is 26.0 Å². The molecular weight excluding hydrogens is 218 g/mol. The van der Waals surface area contributed by atoms with Crippen molar-refractivity contribution in [2.45, 2.75) is 13.8 Å². The van der Waals surface area contributed by atoms with Gasteiger partial charge in [0.15, 0.2) is 0 Å². The lowest BCUT2D eigenvalue weighted by Gasteiger charge is -2.00. The number of rotatable bonds is 2. The van der Waals surface area contributed by atoms with Crippen LogP contribution < -0.4 is 5.32 Å². The number of anilines is 1. The molecule has 1 amide bonds. The number of benzene rings is 1. The highest BCUT2D eigenvalue weighted by molar-refractivity contribution is 6.07. The van der Waals surface area contributed by atoms with E-state index in [1.807, 2.05) is 19.1 Å². The number of nitrogens with one attached hydrogen (secondary N) is 1. The Morgan fingerprint density at radius 3 is 2.47 bits per heavy atom. The number of carbonyl (C=O) groups is 2. The van der Waals surface area contributed by atoms with Crippen molar-refractivity contribution in [3.8, 4) is 11.8 Å². The first-order valence-corrected chi connectivity index (χ1v) is 5.18. The van der Waals surface area contributed by atoms with Crippen LogP contribution in [0.1, 0.15) is 12.5 Å². The van der Waals surface area contributed by atoms with E-state index in [0.717, 1.165) is 5.56 Å². The van der Waals surface area contributed by atoms with Gasteiger partial charge in [0.2, 0.25) is 0 Å². The van der Waals surface area contributed by atoms with Gasteiger partial charge in [-0.15, -0.1) is 0 Å². The van der Waals surface area contributed by atoms with Crippen LogP contribution in [0.4, 0.5) is 5.69 Å². The van der Waals surface area contributed by atoms with E-state index in [2.05, 4.69) is 21.9 Å². The molecule has 0 aliphatic rings. The molecule has 4 nitrogen and oxygen atoms in total. The summed E-state index contributed by atoms with van der Waals surface area (Å²) < 4.78 is 4.57. The summed E-state index contributed by atoms with van der Waals surface area (Å²) in [5.41, 5.74) is 1.74. The van der Waals surface area contributed by atoms with Crippen molar-refractivity contribution in [1.82, 2.24) is 0 Å². The van der Waals surface area contributed by atoms with Crippen LogP contribution in [0, 0.1) is 18.8 Å². The van der Waals surface area contributed by atoms with Crippen molar-refractivity contribution in [2.75, 3.05) is 11.9 Å². The molecule has 0 unspecified atom stereocenters. The van der Waals surface area contributed by atoms with Gasteiger partial charge in [0, 0.05) is 17.5 Å². The van der Waals surface area contributed by atoms with Gasteiger partial charge >= 0.3 is 11.9 Å². The number of ether oxygens (including phenoxy) is 1. The van der Waals surface area contributed by atoms with Crippen LogP contribution in [0.5, 0.6) is 0 Å². The zero-order valence-corrected chi connectivity index (χ0v) is 9.74. The van der Waals surface area contributed by atoms with Crippen LogP contribution in [0.25, 0.3) is 0 Å². The highest BCUT2D eigenvalue weighted by atomic mass is 16.5. The molecular formula is C13H13NO3. The smallest absolute Gasteiger partial charge is 0.384 e. The molecule has 17 heavy (non-hydrogen) atoms. The molecule has 1 aromatic rings. The van der Waals surface area contributed by atoms with Crippen LogP contribution in [-0.2, 0) is 14.3 Å². The molecule has 0 fully saturated rings. The fraction of sp³-hybridized carbons (Fsp3) is 0.231. The molecule has 1 N–H and O–H groups in total. The molecule has 88 valence electrons. The van der Waals surface area contributed by atoms with E-state index >= 15 is 0 Å². The predicted molar refractivity (Wildman–Crippen MR) is 64.2 cm³/mol. The number of esters is 1. The van der Waals surface area contributed by atoms with Gasteiger partial charge in [0.1, 0.15) is 0 Å². The molecule has 0 aliphatic carbocycles. The second-order valence-corrected chi connectivity index (χ2v) is 3.29. The summed E-state index contributed by atoms with van der Waals surface area (Å²) in [6.45, 7) is 3.87. The average molecular weight is 231 g/mol. The lowest BCUT2D eigenvalue weighted by Crippen LogP contribution is -2.09. The molecule has 0 atom stereocenters. The average Bonchev–Trinajstić information content (AvgIpc) is 2.30. The van der Waals surface area contributed by atoms with Crippen molar-refractivity contribution in [2.24, 2.45) is 0 Å². The Kier molecular flexibility index (Phi) is 4.77. The third kappa shape index (κ3) is 4.85. The normalized spacial score (nSPS) is 8.82. The maximum absolute atomic E-state index is 11.3. The second kappa shape index (κ2) is 6.33. The molecule has 1 rings (SSSR count). The molecule has 0 spiro atoms. The van der Waals surface area contributed by atoms with Gasteiger partial charge in [-0.3, -0.25) is 4.79 Å². The van der Waals surface area contributed by atoms with Gasteiger partial charge in [0.25, 0.3) is 0 Å². The first-order valence-electron chi connectivity index (χ1n) is 5.18. The monoisotopic (exact) mass is 231 g/mol. The standard InChI is InChI=1S/C13H13NO3/c1-3-17-13(16)9-8-12(15)14-11-6-4-10(2)5-7-11/h4-7H,3H2,1-2H3,(H,14,15). The highest BCUT2D eigenvalue weighted by Gasteiger charge is 1.99. The van der Waals surface area contributed by atoms with Crippen LogP contribution in [0.2, 0.25) is 0 Å². The van der Waals surface area contributed by atoms with E-state index in [1.54, 1.807) is 19.1 Å². The van der Waals surface area contributed by atoms with E-state index in [9.17, 15) is 9.59 Å². The van der Waals surface area contributed by atoms with Gasteiger partial charge in [-0.2, -0.15) is 0 Å². The van der Waals surface area contributed by atoms with E-state index in [-0.39, 0.29) is 6.61 Å². The molecule has 0 radical (unpaired) electrons. The molecule has 0 saturated heterocycles. The van der Waals surface area contributed by atoms with E-state index in [0.29, 0.717) is 5.69 Å². The van der Waals surface area contributed by atoms with Crippen LogP contribution in [0.15, 0.2) is 24.3 Å².